The van der Waals surface area contributed by atoms with Crippen LogP contribution in [0.3, 0.4) is 0 Å². The van der Waals surface area contributed by atoms with E-state index in [1.807, 2.05) is 32.0 Å². The molecule has 1 saturated heterocycles. The monoisotopic (exact) mass is 516 g/mol. The summed E-state index contributed by atoms with van der Waals surface area (Å²) in [6.45, 7) is 8.83. The van der Waals surface area contributed by atoms with Gasteiger partial charge in [0.15, 0.2) is 0 Å². The molecule has 2 N–H and O–H groups in total. The maximum absolute atomic E-state index is 6.57. The zero-order valence-corrected chi connectivity index (χ0v) is 22.8. The standard InChI is InChI=1S/C28H41ClN4O3/c1-19(16-34-4)32-21-10-8-20(9-11-21)12-22-13-24(25(29)15-30-22)26-6-5-7-27(33-26)31-14-23-17-36-28(2,3)18-35-23/h5-7,13,15,19-21,23,32H,8-12,14,16-18H2,1-4H3,(H,31,33)/t19-,20?,21?,23?/m1/s1. The van der Waals surface area contributed by atoms with E-state index in [1.165, 1.54) is 25.7 Å². The predicted molar refractivity (Wildman–Crippen MR) is 145 cm³/mol. The van der Waals surface area contributed by atoms with E-state index >= 15 is 0 Å². The summed E-state index contributed by atoms with van der Waals surface area (Å²) in [6.07, 6.45) is 7.55. The average Bonchev–Trinajstić information content (AvgIpc) is 2.86. The van der Waals surface area contributed by atoms with Gasteiger partial charge in [0, 0.05) is 43.2 Å². The van der Waals surface area contributed by atoms with E-state index in [0.29, 0.717) is 42.8 Å². The molecule has 4 rings (SSSR count). The molecule has 2 atom stereocenters. The van der Waals surface area contributed by atoms with Crippen LogP contribution in [0.15, 0.2) is 30.5 Å². The third kappa shape index (κ3) is 7.86. The number of methoxy groups -OCH3 is 1. The number of hydrogen-bond donors (Lipinski definition) is 2. The first kappa shape index (κ1) is 27.3. The predicted octanol–water partition coefficient (Wildman–Crippen LogP) is 5.13. The van der Waals surface area contributed by atoms with Gasteiger partial charge in [-0.2, -0.15) is 0 Å². The lowest BCUT2D eigenvalue weighted by Gasteiger charge is -2.35. The Morgan fingerprint density at radius 3 is 2.75 bits per heavy atom. The normalized spacial score (nSPS) is 24.9. The molecule has 0 amide bonds. The van der Waals surface area contributed by atoms with Crippen molar-refractivity contribution in [2.75, 3.05) is 38.8 Å². The van der Waals surface area contributed by atoms with Crippen molar-refractivity contribution in [2.45, 2.75) is 76.7 Å². The Morgan fingerprint density at radius 1 is 1.22 bits per heavy atom. The van der Waals surface area contributed by atoms with E-state index in [4.69, 9.17) is 30.8 Å². The van der Waals surface area contributed by atoms with Crippen molar-refractivity contribution in [2.24, 2.45) is 5.92 Å². The van der Waals surface area contributed by atoms with E-state index in [-0.39, 0.29) is 11.7 Å². The lowest BCUT2D eigenvalue weighted by molar-refractivity contribution is -0.170. The molecule has 8 heteroatoms. The van der Waals surface area contributed by atoms with E-state index < -0.39 is 0 Å². The molecule has 36 heavy (non-hydrogen) atoms. The second kappa shape index (κ2) is 12.7. The molecular weight excluding hydrogens is 476 g/mol. The summed E-state index contributed by atoms with van der Waals surface area (Å²) in [4.78, 5) is 9.46. The Morgan fingerprint density at radius 2 is 2.03 bits per heavy atom. The molecule has 1 saturated carbocycles. The van der Waals surface area contributed by atoms with Gasteiger partial charge in [-0.25, -0.2) is 4.98 Å². The van der Waals surface area contributed by atoms with Crippen molar-refractivity contribution in [3.05, 3.63) is 41.2 Å². The van der Waals surface area contributed by atoms with Crippen LogP contribution in [-0.4, -0.2) is 67.2 Å². The topological polar surface area (TPSA) is 77.5 Å². The van der Waals surface area contributed by atoms with Crippen LogP contribution in [0.5, 0.6) is 0 Å². The Labute approximate surface area is 220 Å². The zero-order valence-electron chi connectivity index (χ0n) is 22.1. The molecule has 7 nitrogen and oxygen atoms in total. The highest BCUT2D eigenvalue weighted by Gasteiger charge is 2.28. The summed E-state index contributed by atoms with van der Waals surface area (Å²) in [7, 11) is 1.76. The number of ether oxygens (including phenoxy) is 3. The van der Waals surface area contributed by atoms with Crippen LogP contribution < -0.4 is 10.6 Å². The molecule has 2 aromatic rings. The van der Waals surface area contributed by atoms with Gasteiger partial charge in [-0.1, -0.05) is 17.7 Å². The minimum Gasteiger partial charge on any atom is -0.383 e. The number of aromatic nitrogens is 2. The molecule has 2 aliphatic rings. The molecule has 1 aliphatic carbocycles. The van der Waals surface area contributed by atoms with Gasteiger partial charge in [-0.15, -0.1) is 0 Å². The summed E-state index contributed by atoms with van der Waals surface area (Å²) >= 11 is 6.57. The first-order valence-electron chi connectivity index (χ1n) is 13.2. The van der Waals surface area contributed by atoms with Gasteiger partial charge < -0.3 is 24.8 Å². The smallest absolute Gasteiger partial charge is 0.126 e. The van der Waals surface area contributed by atoms with Crippen molar-refractivity contribution < 1.29 is 14.2 Å². The fourth-order valence-electron chi connectivity index (χ4n) is 5.07. The summed E-state index contributed by atoms with van der Waals surface area (Å²) in [5.74, 6) is 1.44. The quantitative estimate of drug-likeness (QED) is 0.453. The second-order valence-electron chi connectivity index (χ2n) is 10.9. The molecule has 0 radical (unpaired) electrons. The Hall–Kier alpha value is -1.77. The fourth-order valence-corrected chi connectivity index (χ4v) is 5.27. The van der Waals surface area contributed by atoms with Crippen LogP contribution in [0.2, 0.25) is 5.02 Å². The maximum atomic E-state index is 6.57. The highest BCUT2D eigenvalue weighted by atomic mass is 35.5. The highest BCUT2D eigenvalue weighted by molar-refractivity contribution is 6.33. The van der Waals surface area contributed by atoms with Crippen LogP contribution in [0.4, 0.5) is 5.82 Å². The van der Waals surface area contributed by atoms with E-state index in [2.05, 4.69) is 28.6 Å². The van der Waals surface area contributed by atoms with Gasteiger partial charge >= 0.3 is 0 Å². The third-order valence-electron chi connectivity index (χ3n) is 7.06. The van der Waals surface area contributed by atoms with Gasteiger partial charge in [-0.05, 0) is 77.0 Å². The van der Waals surface area contributed by atoms with Crippen LogP contribution in [0.25, 0.3) is 11.3 Å². The van der Waals surface area contributed by atoms with Crippen molar-refractivity contribution in [3.8, 4) is 11.3 Å². The van der Waals surface area contributed by atoms with E-state index in [1.54, 1.807) is 13.3 Å². The molecule has 198 valence electrons. The molecule has 3 heterocycles. The van der Waals surface area contributed by atoms with Gasteiger partial charge in [0.2, 0.25) is 0 Å². The molecule has 2 aromatic heterocycles. The van der Waals surface area contributed by atoms with Crippen LogP contribution in [-0.2, 0) is 20.6 Å². The largest absolute Gasteiger partial charge is 0.383 e. The molecule has 0 bridgehead atoms. The van der Waals surface area contributed by atoms with E-state index in [9.17, 15) is 0 Å². The van der Waals surface area contributed by atoms with Gasteiger partial charge in [0.1, 0.15) is 5.82 Å². The number of hydrogen-bond acceptors (Lipinski definition) is 7. The SMILES string of the molecule is COC[C@@H](C)NC1CCC(Cc2cc(-c3cccc(NCC4COC(C)(C)CO4)n3)c(Cl)cn2)CC1. The fraction of sp³-hybridized carbons (Fsp3) is 0.643. The molecule has 2 fully saturated rings. The van der Waals surface area contributed by atoms with Crippen molar-refractivity contribution in [3.63, 3.8) is 0 Å². The average molecular weight is 517 g/mol. The minimum atomic E-state index is -0.219. The number of nitrogens with zero attached hydrogens (tertiary/aromatic N) is 2. The first-order valence-corrected chi connectivity index (χ1v) is 13.6. The van der Waals surface area contributed by atoms with Crippen molar-refractivity contribution >= 4 is 17.4 Å². The van der Waals surface area contributed by atoms with Crippen molar-refractivity contribution in [1.82, 2.24) is 15.3 Å². The summed E-state index contributed by atoms with van der Waals surface area (Å²) < 4.78 is 17.0. The van der Waals surface area contributed by atoms with E-state index in [0.717, 1.165) is 35.8 Å². The lowest BCUT2D eigenvalue weighted by Crippen LogP contribution is -2.44. The van der Waals surface area contributed by atoms with Crippen LogP contribution in [0, 0.1) is 5.92 Å². The Bertz CT molecular complexity index is 971. The maximum Gasteiger partial charge on any atom is 0.126 e. The molecule has 1 unspecified atom stereocenters. The summed E-state index contributed by atoms with van der Waals surface area (Å²) in [5, 5.41) is 7.70. The second-order valence-corrected chi connectivity index (χ2v) is 11.3. The van der Waals surface area contributed by atoms with Gasteiger partial charge in [0.05, 0.1) is 42.2 Å². The zero-order chi connectivity index (χ0) is 25.5. The van der Waals surface area contributed by atoms with Crippen molar-refractivity contribution in [1.29, 1.82) is 0 Å². The molecular formula is C28H41ClN4O3. The first-order chi connectivity index (χ1) is 17.3. The number of rotatable bonds is 10. The lowest BCUT2D eigenvalue weighted by atomic mass is 9.83. The molecule has 1 aliphatic heterocycles. The van der Waals surface area contributed by atoms with Gasteiger partial charge in [0.25, 0.3) is 0 Å². The number of halogens is 1. The number of anilines is 1. The number of pyridine rings is 2. The molecule has 0 spiro atoms. The summed E-state index contributed by atoms with van der Waals surface area (Å²) in [6, 6.07) is 9.05. The minimum absolute atomic E-state index is 0.00748. The van der Waals surface area contributed by atoms with Crippen LogP contribution in [0.1, 0.15) is 52.1 Å². The molecule has 0 aromatic carbocycles. The summed E-state index contributed by atoms with van der Waals surface area (Å²) in [5.41, 5.74) is 2.63. The third-order valence-corrected chi connectivity index (χ3v) is 7.36. The Kier molecular flexibility index (Phi) is 9.58. The number of nitrogens with one attached hydrogen (secondary N) is 2. The Balaban J connectivity index is 1.33. The van der Waals surface area contributed by atoms with Crippen LogP contribution >= 0.6 is 11.6 Å². The highest BCUT2D eigenvalue weighted by Crippen LogP contribution is 2.31. The van der Waals surface area contributed by atoms with Gasteiger partial charge in [-0.3, -0.25) is 4.98 Å².